The Bertz CT molecular complexity index is 1210. The Labute approximate surface area is 157 Å². The maximum atomic E-state index is 12.6. The highest BCUT2D eigenvalue weighted by Crippen LogP contribution is 2.31. The zero-order valence-corrected chi connectivity index (χ0v) is 15.7. The lowest BCUT2D eigenvalue weighted by Crippen LogP contribution is -2.12. The number of para-hydroxylation sites is 1. The highest BCUT2D eigenvalue weighted by atomic mass is 35.5. The molecule has 4 nitrogen and oxygen atoms in total. The number of rotatable bonds is 4. The minimum Gasteiger partial charge on any atom is -0.341 e. The van der Waals surface area contributed by atoms with E-state index in [1.807, 2.05) is 24.3 Å². The second-order valence-electron chi connectivity index (χ2n) is 6.05. The van der Waals surface area contributed by atoms with Gasteiger partial charge in [-0.15, -0.1) is 0 Å². The average molecular weight is 385 g/mol. The van der Waals surface area contributed by atoms with Crippen molar-refractivity contribution in [1.82, 2.24) is 4.57 Å². The minimum atomic E-state index is -3.67. The highest BCUT2D eigenvalue weighted by molar-refractivity contribution is 7.92. The second kappa shape index (κ2) is 6.34. The Morgan fingerprint density at radius 2 is 1.62 bits per heavy atom. The van der Waals surface area contributed by atoms with Crippen LogP contribution in [-0.2, 0) is 16.6 Å². The van der Waals surface area contributed by atoms with Crippen molar-refractivity contribution in [3.8, 4) is 0 Å². The van der Waals surface area contributed by atoms with Gasteiger partial charge in [-0.05, 0) is 55.5 Å². The van der Waals surface area contributed by atoms with Crippen LogP contribution in [0.5, 0.6) is 0 Å². The number of benzene rings is 3. The summed E-state index contributed by atoms with van der Waals surface area (Å²) in [6.45, 7) is 2.95. The zero-order valence-electron chi connectivity index (χ0n) is 14.1. The second-order valence-corrected chi connectivity index (χ2v) is 8.17. The first-order chi connectivity index (χ1) is 12.5. The molecule has 0 bridgehead atoms. The van der Waals surface area contributed by atoms with Gasteiger partial charge in [0.25, 0.3) is 10.0 Å². The fourth-order valence-electron chi connectivity index (χ4n) is 3.29. The Balaban J connectivity index is 1.81. The summed E-state index contributed by atoms with van der Waals surface area (Å²) in [5.74, 6) is 0. The van der Waals surface area contributed by atoms with E-state index in [-0.39, 0.29) is 4.90 Å². The van der Waals surface area contributed by atoms with Gasteiger partial charge in [0.05, 0.1) is 4.90 Å². The van der Waals surface area contributed by atoms with Crippen molar-refractivity contribution in [1.29, 1.82) is 0 Å². The summed E-state index contributed by atoms with van der Waals surface area (Å²) in [5, 5.41) is 2.63. The zero-order chi connectivity index (χ0) is 18.3. The van der Waals surface area contributed by atoms with Crippen LogP contribution in [0.15, 0.2) is 71.6 Å². The van der Waals surface area contributed by atoms with Crippen LogP contribution >= 0.6 is 11.6 Å². The van der Waals surface area contributed by atoms with Gasteiger partial charge in [-0.1, -0.05) is 29.8 Å². The van der Waals surface area contributed by atoms with E-state index in [4.69, 9.17) is 11.6 Å². The summed E-state index contributed by atoms with van der Waals surface area (Å²) in [5.41, 5.74) is 2.76. The molecule has 132 valence electrons. The molecule has 0 spiro atoms. The van der Waals surface area contributed by atoms with Crippen LogP contribution in [0.4, 0.5) is 5.69 Å². The summed E-state index contributed by atoms with van der Waals surface area (Å²) in [7, 11) is -3.67. The molecule has 0 radical (unpaired) electrons. The van der Waals surface area contributed by atoms with Crippen molar-refractivity contribution in [2.45, 2.75) is 18.4 Å². The molecule has 0 aliphatic carbocycles. The van der Waals surface area contributed by atoms with Gasteiger partial charge in [-0.3, -0.25) is 4.72 Å². The summed E-state index contributed by atoms with van der Waals surface area (Å²) in [4.78, 5) is 0.179. The fourth-order valence-corrected chi connectivity index (χ4v) is 4.46. The number of nitrogens with one attached hydrogen (secondary N) is 1. The Morgan fingerprint density at radius 1 is 0.923 bits per heavy atom. The number of sulfonamides is 1. The van der Waals surface area contributed by atoms with Crippen LogP contribution < -0.4 is 4.72 Å². The van der Waals surface area contributed by atoms with Crippen molar-refractivity contribution < 1.29 is 8.42 Å². The van der Waals surface area contributed by atoms with Gasteiger partial charge >= 0.3 is 0 Å². The molecule has 0 unspecified atom stereocenters. The predicted octanol–water partition coefficient (Wildman–Crippen LogP) is 5.27. The minimum absolute atomic E-state index is 0.179. The third-order valence-corrected chi connectivity index (χ3v) is 6.11. The maximum Gasteiger partial charge on any atom is 0.261 e. The van der Waals surface area contributed by atoms with E-state index in [2.05, 4.69) is 28.3 Å². The molecule has 0 aliphatic heterocycles. The van der Waals surface area contributed by atoms with Crippen LogP contribution in [0.1, 0.15) is 6.92 Å². The largest absolute Gasteiger partial charge is 0.341 e. The van der Waals surface area contributed by atoms with Gasteiger partial charge < -0.3 is 4.57 Å². The third kappa shape index (κ3) is 2.83. The molecular formula is C20H17ClN2O2S. The maximum absolute atomic E-state index is 12.6. The van der Waals surface area contributed by atoms with Gasteiger partial charge in [0.15, 0.2) is 0 Å². The molecule has 26 heavy (non-hydrogen) atoms. The van der Waals surface area contributed by atoms with Gasteiger partial charge in [0, 0.05) is 39.1 Å². The molecule has 0 saturated carbocycles. The van der Waals surface area contributed by atoms with Crippen molar-refractivity contribution in [3.05, 3.63) is 71.8 Å². The van der Waals surface area contributed by atoms with Crippen molar-refractivity contribution in [2.75, 3.05) is 4.72 Å². The number of aromatic nitrogens is 1. The molecule has 0 aliphatic rings. The number of aryl methyl sites for hydroxylation is 1. The normalized spacial score (nSPS) is 11.9. The monoisotopic (exact) mass is 384 g/mol. The summed E-state index contributed by atoms with van der Waals surface area (Å²) >= 11 is 5.84. The summed E-state index contributed by atoms with van der Waals surface area (Å²) in [6.07, 6.45) is 0. The quantitative estimate of drug-likeness (QED) is 0.521. The van der Waals surface area contributed by atoms with E-state index < -0.39 is 10.0 Å². The number of hydrogen-bond donors (Lipinski definition) is 1. The standard InChI is InChI=1S/C20H17ClN2O2S/c1-2-23-19-6-4-3-5-17(19)18-13-15(9-12-20(18)23)22-26(24,25)16-10-7-14(21)8-11-16/h3-13,22H,2H2,1H3. The van der Waals surface area contributed by atoms with Crippen molar-refractivity contribution in [2.24, 2.45) is 0 Å². The smallest absolute Gasteiger partial charge is 0.261 e. The van der Waals surface area contributed by atoms with Crippen LogP contribution in [0.25, 0.3) is 21.8 Å². The molecule has 1 heterocycles. The van der Waals surface area contributed by atoms with E-state index in [1.54, 1.807) is 18.2 Å². The topological polar surface area (TPSA) is 51.1 Å². The van der Waals surface area contributed by atoms with E-state index in [1.165, 1.54) is 12.1 Å². The number of halogens is 1. The first-order valence-electron chi connectivity index (χ1n) is 8.29. The summed E-state index contributed by atoms with van der Waals surface area (Å²) < 4.78 is 30.1. The third-order valence-electron chi connectivity index (χ3n) is 4.46. The lowest BCUT2D eigenvalue weighted by atomic mass is 10.1. The molecule has 0 saturated heterocycles. The first kappa shape index (κ1) is 16.9. The first-order valence-corrected chi connectivity index (χ1v) is 10.1. The van der Waals surface area contributed by atoms with Crippen molar-refractivity contribution in [3.63, 3.8) is 0 Å². The van der Waals surface area contributed by atoms with E-state index in [9.17, 15) is 8.42 Å². The van der Waals surface area contributed by atoms with Crippen LogP contribution in [0, 0.1) is 0 Å². The fraction of sp³-hybridized carbons (Fsp3) is 0.100. The van der Waals surface area contributed by atoms with Crippen molar-refractivity contribution >= 4 is 49.1 Å². The number of nitrogens with zero attached hydrogens (tertiary/aromatic N) is 1. The highest BCUT2D eigenvalue weighted by Gasteiger charge is 2.16. The van der Waals surface area contributed by atoms with Gasteiger partial charge in [-0.2, -0.15) is 0 Å². The molecule has 3 aromatic carbocycles. The lowest BCUT2D eigenvalue weighted by Gasteiger charge is -2.09. The van der Waals surface area contributed by atoms with E-state index in [0.717, 1.165) is 28.4 Å². The molecule has 4 rings (SSSR count). The molecule has 6 heteroatoms. The average Bonchev–Trinajstić information content (AvgIpc) is 2.95. The van der Waals surface area contributed by atoms with Gasteiger partial charge in [0.2, 0.25) is 0 Å². The van der Waals surface area contributed by atoms with Gasteiger partial charge in [-0.25, -0.2) is 8.42 Å². The number of anilines is 1. The molecule has 0 atom stereocenters. The molecular weight excluding hydrogens is 368 g/mol. The SMILES string of the molecule is CCn1c2ccccc2c2cc(NS(=O)(=O)c3ccc(Cl)cc3)ccc21. The predicted molar refractivity (Wildman–Crippen MR) is 107 cm³/mol. The lowest BCUT2D eigenvalue weighted by molar-refractivity contribution is 0.601. The number of fused-ring (bicyclic) bond motifs is 3. The van der Waals surface area contributed by atoms with Crippen LogP contribution in [0.3, 0.4) is 0 Å². The Kier molecular flexibility index (Phi) is 4.13. The molecule has 1 N–H and O–H groups in total. The molecule has 4 aromatic rings. The van der Waals surface area contributed by atoms with Crippen LogP contribution in [0.2, 0.25) is 5.02 Å². The summed E-state index contributed by atoms with van der Waals surface area (Å²) in [6, 6.07) is 19.9. The molecule has 0 fully saturated rings. The number of hydrogen-bond acceptors (Lipinski definition) is 2. The van der Waals surface area contributed by atoms with Crippen LogP contribution in [-0.4, -0.2) is 13.0 Å². The van der Waals surface area contributed by atoms with E-state index >= 15 is 0 Å². The Hall–Kier alpha value is -2.50. The Morgan fingerprint density at radius 3 is 2.35 bits per heavy atom. The molecule has 1 aromatic heterocycles. The molecule has 0 amide bonds. The van der Waals surface area contributed by atoms with E-state index in [0.29, 0.717) is 10.7 Å². The van der Waals surface area contributed by atoms with Gasteiger partial charge in [0.1, 0.15) is 0 Å².